The van der Waals surface area contributed by atoms with Crippen LogP contribution in [0.1, 0.15) is 22.3 Å². The van der Waals surface area contributed by atoms with Crippen LogP contribution < -0.4 is 11.5 Å². The van der Waals surface area contributed by atoms with Gasteiger partial charge in [-0.1, -0.05) is 24.3 Å². The van der Waals surface area contributed by atoms with Gasteiger partial charge in [0.1, 0.15) is 0 Å². The molecule has 0 unspecified atom stereocenters. The van der Waals surface area contributed by atoms with Crippen LogP contribution in [0.3, 0.4) is 0 Å². The fourth-order valence-electron chi connectivity index (χ4n) is 1.32. The Morgan fingerprint density at radius 2 is 2.12 bits per heavy atom. The first kappa shape index (κ1) is 12.8. The Bertz CT molecular complexity index is 467. The Labute approximate surface area is 99.0 Å². The molecule has 0 saturated carbocycles. The van der Waals surface area contributed by atoms with Gasteiger partial charge in [0.15, 0.2) is 0 Å². The number of hydrogen-bond donors (Lipinski definition) is 2. The second-order valence-electron chi connectivity index (χ2n) is 3.37. The molecular weight excluding hydrogens is 220 g/mol. The van der Waals surface area contributed by atoms with Crippen LogP contribution in [0.4, 0.5) is 5.69 Å². The van der Waals surface area contributed by atoms with Crippen molar-refractivity contribution < 1.29 is 14.3 Å². The van der Waals surface area contributed by atoms with Crippen LogP contribution in [0.2, 0.25) is 0 Å². The Hall–Kier alpha value is -2.30. The van der Waals surface area contributed by atoms with E-state index in [1.807, 2.05) is 0 Å². The van der Waals surface area contributed by atoms with E-state index in [9.17, 15) is 9.59 Å². The zero-order valence-electron chi connectivity index (χ0n) is 9.47. The van der Waals surface area contributed by atoms with E-state index in [1.54, 1.807) is 30.4 Å². The molecule has 1 aromatic rings. The first-order valence-corrected chi connectivity index (χ1v) is 4.98. The van der Waals surface area contributed by atoms with Crippen LogP contribution in [-0.4, -0.2) is 19.0 Å². The predicted molar refractivity (Wildman–Crippen MR) is 65.0 cm³/mol. The van der Waals surface area contributed by atoms with E-state index >= 15 is 0 Å². The van der Waals surface area contributed by atoms with E-state index < -0.39 is 11.9 Å². The van der Waals surface area contributed by atoms with E-state index in [-0.39, 0.29) is 6.42 Å². The number of amides is 1. The third kappa shape index (κ3) is 3.34. The Kier molecular flexibility index (Phi) is 4.28. The van der Waals surface area contributed by atoms with E-state index in [4.69, 9.17) is 11.5 Å². The molecule has 0 atom stereocenters. The molecule has 1 amide bonds. The lowest BCUT2D eigenvalue weighted by molar-refractivity contribution is -0.117. The van der Waals surface area contributed by atoms with Gasteiger partial charge in [0.2, 0.25) is 5.91 Å². The number of carbonyl (C=O) groups is 2. The normalized spacial score (nSPS) is 10.4. The molecule has 5 heteroatoms. The summed E-state index contributed by atoms with van der Waals surface area (Å²) < 4.78 is 4.60. The molecule has 5 nitrogen and oxygen atoms in total. The van der Waals surface area contributed by atoms with Gasteiger partial charge in [0, 0.05) is 6.42 Å². The molecule has 0 aromatic heterocycles. The van der Waals surface area contributed by atoms with Crippen molar-refractivity contribution in [3.05, 3.63) is 35.4 Å². The van der Waals surface area contributed by atoms with Gasteiger partial charge >= 0.3 is 5.97 Å². The molecule has 17 heavy (non-hydrogen) atoms. The molecule has 1 rings (SSSR count). The highest BCUT2D eigenvalue weighted by Crippen LogP contribution is 2.19. The molecule has 0 spiro atoms. The van der Waals surface area contributed by atoms with Crippen LogP contribution in [0, 0.1) is 0 Å². The third-order valence-electron chi connectivity index (χ3n) is 2.16. The molecule has 4 N–H and O–H groups in total. The number of hydrogen-bond acceptors (Lipinski definition) is 4. The van der Waals surface area contributed by atoms with Crippen LogP contribution in [-0.2, 0) is 9.53 Å². The van der Waals surface area contributed by atoms with Crippen molar-refractivity contribution in [1.29, 1.82) is 0 Å². The van der Waals surface area contributed by atoms with Crippen molar-refractivity contribution in [2.24, 2.45) is 5.73 Å². The molecule has 0 aliphatic heterocycles. The standard InChI is InChI=1S/C12H14N2O3/c1-17-12(16)9-6-2-4-8(11(9)14)5-3-7-10(13)15/h2-6H,7,14H2,1H3,(H2,13,15). The van der Waals surface area contributed by atoms with Crippen molar-refractivity contribution in [2.75, 3.05) is 12.8 Å². The monoisotopic (exact) mass is 234 g/mol. The summed E-state index contributed by atoms with van der Waals surface area (Å²) in [6, 6.07) is 5.00. The van der Waals surface area contributed by atoms with E-state index in [2.05, 4.69) is 4.74 Å². The summed E-state index contributed by atoms with van der Waals surface area (Å²) in [5, 5.41) is 0. The lowest BCUT2D eigenvalue weighted by Crippen LogP contribution is -2.08. The maximum atomic E-state index is 11.4. The summed E-state index contributed by atoms with van der Waals surface area (Å²) >= 11 is 0. The second-order valence-corrected chi connectivity index (χ2v) is 3.37. The zero-order valence-corrected chi connectivity index (χ0v) is 9.47. The molecule has 0 heterocycles. The first-order chi connectivity index (χ1) is 8.06. The topological polar surface area (TPSA) is 95.4 Å². The van der Waals surface area contributed by atoms with E-state index in [1.165, 1.54) is 7.11 Å². The molecule has 0 radical (unpaired) electrons. The smallest absolute Gasteiger partial charge is 0.339 e. The SMILES string of the molecule is COC(=O)c1cccc(C=CCC(N)=O)c1N. The van der Waals surface area contributed by atoms with Crippen LogP contribution in [0.5, 0.6) is 0 Å². The van der Waals surface area contributed by atoms with Gasteiger partial charge in [-0.05, 0) is 11.6 Å². The summed E-state index contributed by atoms with van der Waals surface area (Å²) in [6.45, 7) is 0. The largest absolute Gasteiger partial charge is 0.465 e. The number of rotatable bonds is 4. The number of primary amides is 1. The lowest BCUT2D eigenvalue weighted by Gasteiger charge is -2.06. The number of ether oxygens (including phenoxy) is 1. The highest BCUT2D eigenvalue weighted by atomic mass is 16.5. The number of esters is 1. The van der Waals surface area contributed by atoms with Gasteiger partial charge in [0.25, 0.3) is 0 Å². The maximum absolute atomic E-state index is 11.4. The molecule has 0 saturated heterocycles. The van der Waals surface area contributed by atoms with Crippen molar-refractivity contribution in [3.63, 3.8) is 0 Å². The summed E-state index contributed by atoms with van der Waals surface area (Å²) in [7, 11) is 1.29. The van der Waals surface area contributed by atoms with E-state index in [0.717, 1.165) is 0 Å². The number of para-hydroxylation sites is 1. The molecular formula is C12H14N2O3. The van der Waals surface area contributed by atoms with Gasteiger partial charge in [-0.15, -0.1) is 0 Å². The quantitative estimate of drug-likeness (QED) is 0.598. The van der Waals surface area contributed by atoms with Crippen molar-refractivity contribution >= 4 is 23.6 Å². The average molecular weight is 234 g/mol. The van der Waals surface area contributed by atoms with Crippen LogP contribution in [0.25, 0.3) is 6.08 Å². The number of anilines is 1. The van der Waals surface area contributed by atoms with Gasteiger partial charge < -0.3 is 16.2 Å². The molecule has 0 fully saturated rings. The van der Waals surface area contributed by atoms with E-state index in [0.29, 0.717) is 16.8 Å². The molecule has 0 aliphatic rings. The fraction of sp³-hybridized carbons (Fsp3) is 0.167. The minimum Gasteiger partial charge on any atom is -0.465 e. The third-order valence-corrected chi connectivity index (χ3v) is 2.16. The first-order valence-electron chi connectivity index (χ1n) is 4.98. The van der Waals surface area contributed by atoms with Crippen LogP contribution >= 0.6 is 0 Å². The van der Waals surface area contributed by atoms with Crippen LogP contribution in [0.15, 0.2) is 24.3 Å². The van der Waals surface area contributed by atoms with Crippen molar-refractivity contribution in [3.8, 4) is 0 Å². The number of benzene rings is 1. The Morgan fingerprint density at radius 3 is 2.71 bits per heavy atom. The molecule has 0 bridgehead atoms. The highest BCUT2D eigenvalue weighted by Gasteiger charge is 2.10. The highest BCUT2D eigenvalue weighted by molar-refractivity contribution is 5.97. The Morgan fingerprint density at radius 1 is 1.41 bits per heavy atom. The molecule has 90 valence electrons. The summed E-state index contributed by atoms with van der Waals surface area (Å²) in [5.41, 5.74) is 12.1. The minimum atomic E-state index is -0.493. The van der Waals surface area contributed by atoms with Crippen molar-refractivity contribution in [2.45, 2.75) is 6.42 Å². The number of nitrogen functional groups attached to an aromatic ring is 1. The van der Waals surface area contributed by atoms with Gasteiger partial charge in [-0.25, -0.2) is 4.79 Å². The molecule has 0 aliphatic carbocycles. The second kappa shape index (κ2) is 5.69. The zero-order chi connectivity index (χ0) is 12.8. The summed E-state index contributed by atoms with van der Waals surface area (Å²) in [5.74, 6) is -0.920. The van der Waals surface area contributed by atoms with Gasteiger partial charge in [-0.3, -0.25) is 4.79 Å². The predicted octanol–water partition coefficient (Wildman–Crippen LogP) is 0.944. The number of nitrogens with two attached hydrogens (primary N) is 2. The fourth-order valence-corrected chi connectivity index (χ4v) is 1.32. The summed E-state index contributed by atoms with van der Waals surface area (Å²) in [6.07, 6.45) is 3.36. The lowest BCUT2D eigenvalue weighted by atomic mass is 10.1. The van der Waals surface area contributed by atoms with Crippen molar-refractivity contribution in [1.82, 2.24) is 0 Å². The minimum absolute atomic E-state index is 0.127. The summed E-state index contributed by atoms with van der Waals surface area (Å²) in [4.78, 5) is 21.9. The average Bonchev–Trinajstić information content (AvgIpc) is 2.30. The van der Waals surface area contributed by atoms with Gasteiger partial charge in [0.05, 0.1) is 18.4 Å². The number of methoxy groups -OCH3 is 1. The number of carbonyl (C=O) groups excluding carboxylic acids is 2. The molecule has 1 aromatic carbocycles. The Balaban J connectivity index is 2.98. The maximum Gasteiger partial charge on any atom is 0.339 e. The van der Waals surface area contributed by atoms with Gasteiger partial charge in [-0.2, -0.15) is 0 Å².